The monoisotopic (exact) mass is 282 g/mol. The highest BCUT2D eigenvalue weighted by atomic mass is 15.2. The molecule has 120 valence electrons. The molecule has 0 aromatic carbocycles. The van der Waals surface area contributed by atoms with Gasteiger partial charge in [0.15, 0.2) is 0 Å². The summed E-state index contributed by atoms with van der Waals surface area (Å²) in [6, 6.07) is 2.11. The second kappa shape index (κ2) is 9.78. The second-order valence-corrected chi connectivity index (χ2v) is 7.30. The molecule has 1 aliphatic carbocycles. The molecule has 0 aromatic rings. The Labute approximate surface area is 127 Å². The van der Waals surface area contributed by atoms with Crippen molar-refractivity contribution in [2.24, 2.45) is 5.92 Å². The standard InChI is InChI=1S/C18H38N2/c1-6-13-19-17-11-9-7-8-10-12-18(17)20(16(4)5)14-15(2)3/h15-19H,6-14H2,1-5H3. The first-order chi connectivity index (χ1) is 9.56. The largest absolute Gasteiger partial charge is 0.312 e. The van der Waals surface area contributed by atoms with Crippen LogP contribution in [0.1, 0.15) is 79.6 Å². The molecule has 0 aliphatic heterocycles. The van der Waals surface area contributed by atoms with E-state index in [4.69, 9.17) is 0 Å². The summed E-state index contributed by atoms with van der Waals surface area (Å²) in [5.41, 5.74) is 0. The van der Waals surface area contributed by atoms with Gasteiger partial charge in [-0.1, -0.05) is 46.5 Å². The Morgan fingerprint density at radius 3 is 2.20 bits per heavy atom. The molecule has 1 aliphatic rings. The maximum atomic E-state index is 3.86. The molecule has 2 atom stereocenters. The third-order valence-electron chi connectivity index (χ3n) is 4.55. The van der Waals surface area contributed by atoms with Gasteiger partial charge in [0.25, 0.3) is 0 Å². The van der Waals surface area contributed by atoms with Gasteiger partial charge in [-0.2, -0.15) is 0 Å². The number of hydrogen-bond donors (Lipinski definition) is 1. The maximum absolute atomic E-state index is 3.86. The van der Waals surface area contributed by atoms with E-state index in [0.717, 1.165) is 12.0 Å². The number of nitrogens with zero attached hydrogens (tertiary/aromatic N) is 1. The van der Waals surface area contributed by atoms with Crippen molar-refractivity contribution in [1.29, 1.82) is 0 Å². The molecule has 0 aromatic heterocycles. The molecular weight excluding hydrogens is 244 g/mol. The van der Waals surface area contributed by atoms with Crippen LogP contribution in [0.15, 0.2) is 0 Å². The van der Waals surface area contributed by atoms with Crippen LogP contribution in [0.4, 0.5) is 0 Å². The second-order valence-electron chi connectivity index (χ2n) is 7.30. The van der Waals surface area contributed by atoms with Crippen LogP contribution in [0.5, 0.6) is 0 Å². The van der Waals surface area contributed by atoms with Gasteiger partial charge in [-0.25, -0.2) is 0 Å². The first kappa shape index (κ1) is 18.0. The lowest BCUT2D eigenvalue weighted by molar-refractivity contribution is 0.0888. The summed E-state index contributed by atoms with van der Waals surface area (Å²) < 4.78 is 0. The molecule has 2 nitrogen and oxygen atoms in total. The van der Waals surface area contributed by atoms with E-state index < -0.39 is 0 Å². The van der Waals surface area contributed by atoms with E-state index in [1.54, 1.807) is 0 Å². The average molecular weight is 283 g/mol. The van der Waals surface area contributed by atoms with Crippen LogP contribution in [0, 0.1) is 5.92 Å². The van der Waals surface area contributed by atoms with Crippen molar-refractivity contribution in [2.45, 2.75) is 97.7 Å². The van der Waals surface area contributed by atoms with Gasteiger partial charge >= 0.3 is 0 Å². The van der Waals surface area contributed by atoms with Gasteiger partial charge in [-0.3, -0.25) is 4.90 Å². The van der Waals surface area contributed by atoms with Crippen LogP contribution in [0.2, 0.25) is 0 Å². The average Bonchev–Trinajstić information content (AvgIpc) is 2.35. The van der Waals surface area contributed by atoms with E-state index in [1.807, 2.05) is 0 Å². The Kier molecular flexibility index (Phi) is 8.79. The van der Waals surface area contributed by atoms with Crippen molar-refractivity contribution in [3.05, 3.63) is 0 Å². The zero-order valence-corrected chi connectivity index (χ0v) is 14.6. The number of nitrogens with one attached hydrogen (secondary N) is 1. The molecule has 0 saturated heterocycles. The van der Waals surface area contributed by atoms with Gasteiger partial charge in [0.1, 0.15) is 0 Å². The predicted octanol–water partition coefficient (Wildman–Crippen LogP) is 4.44. The van der Waals surface area contributed by atoms with Crippen LogP contribution < -0.4 is 5.32 Å². The highest BCUT2D eigenvalue weighted by Gasteiger charge is 2.29. The maximum Gasteiger partial charge on any atom is 0.0252 e. The quantitative estimate of drug-likeness (QED) is 0.742. The Hall–Kier alpha value is -0.0800. The van der Waals surface area contributed by atoms with E-state index >= 15 is 0 Å². The van der Waals surface area contributed by atoms with Crippen LogP contribution in [0.25, 0.3) is 0 Å². The van der Waals surface area contributed by atoms with E-state index in [-0.39, 0.29) is 0 Å². The lowest BCUT2D eigenvalue weighted by atomic mass is 9.89. The molecule has 2 unspecified atom stereocenters. The zero-order chi connectivity index (χ0) is 15.0. The van der Waals surface area contributed by atoms with Crippen molar-refractivity contribution < 1.29 is 0 Å². The summed E-state index contributed by atoms with van der Waals surface area (Å²) >= 11 is 0. The summed E-state index contributed by atoms with van der Waals surface area (Å²) in [5, 5.41) is 3.86. The predicted molar refractivity (Wildman–Crippen MR) is 90.3 cm³/mol. The fourth-order valence-corrected chi connectivity index (χ4v) is 3.58. The lowest BCUT2D eigenvalue weighted by Crippen LogP contribution is -2.54. The van der Waals surface area contributed by atoms with Gasteiger partial charge in [0.2, 0.25) is 0 Å². The SMILES string of the molecule is CCCNC1CCCCCCC1N(CC(C)C)C(C)C. The Bertz CT molecular complexity index is 236. The highest BCUT2D eigenvalue weighted by molar-refractivity contribution is 4.88. The van der Waals surface area contributed by atoms with Gasteiger partial charge in [-0.15, -0.1) is 0 Å². The van der Waals surface area contributed by atoms with Crippen LogP contribution in [0.3, 0.4) is 0 Å². The molecule has 1 N–H and O–H groups in total. The fraction of sp³-hybridized carbons (Fsp3) is 1.00. The van der Waals surface area contributed by atoms with Crippen LogP contribution in [-0.2, 0) is 0 Å². The van der Waals surface area contributed by atoms with Gasteiger partial charge in [-0.05, 0) is 45.6 Å². The summed E-state index contributed by atoms with van der Waals surface area (Å²) in [5.74, 6) is 0.759. The summed E-state index contributed by atoms with van der Waals surface area (Å²) in [6.45, 7) is 14.1. The molecule has 0 amide bonds. The fourth-order valence-electron chi connectivity index (χ4n) is 3.58. The van der Waals surface area contributed by atoms with E-state index in [1.165, 1.54) is 58.0 Å². The number of rotatable bonds is 7. The zero-order valence-electron chi connectivity index (χ0n) is 14.6. The molecule has 20 heavy (non-hydrogen) atoms. The van der Waals surface area contributed by atoms with Crippen molar-refractivity contribution in [3.63, 3.8) is 0 Å². The molecule has 0 heterocycles. The third-order valence-corrected chi connectivity index (χ3v) is 4.55. The molecule has 1 rings (SSSR count). The van der Waals surface area contributed by atoms with Crippen molar-refractivity contribution >= 4 is 0 Å². The third kappa shape index (κ3) is 6.13. The highest BCUT2D eigenvalue weighted by Crippen LogP contribution is 2.24. The van der Waals surface area contributed by atoms with Crippen LogP contribution >= 0.6 is 0 Å². The first-order valence-electron chi connectivity index (χ1n) is 9.05. The smallest absolute Gasteiger partial charge is 0.0252 e. The van der Waals surface area contributed by atoms with E-state index in [2.05, 4.69) is 44.8 Å². The summed E-state index contributed by atoms with van der Waals surface area (Å²) in [7, 11) is 0. The van der Waals surface area contributed by atoms with E-state index in [0.29, 0.717) is 12.1 Å². The molecular formula is C18H38N2. The minimum Gasteiger partial charge on any atom is -0.312 e. The van der Waals surface area contributed by atoms with Gasteiger partial charge < -0.3 is 5.32 Å². The minimum atomic E-state index is 0.660. The molecule has 2 heteroatoms. The minimum absolute atomic E-state index is 0.660. The summed E-state index contributed by atoms with van der Waals surface area (Å²) in [4.78, 5) is 2.78. The van der Waals surface area contributed by atoms with Gasteiger partial charge in [0.05, 0.1) is 0 Å². The Morgan fingerprint density at radius 1 is 1.00 bits per heavy atom. The lowest BCUT2D eigenvalue weighted by Gasteiger charge is -2.42. The first-order valence-corrected chi connectivity index (χ1v) is 9.05. The number of hydrogen-bond acceptors (Lipinski definition) is 2. The molecule has 0 bridgehead atoms. The van der Waals surface area contributed by atoms with Crippen molar-refractivity contribution in [1.82, 2.24) is 10.2 Å². The van der Waals surface area contributed by atoms with E-state index in [9.17, 15) is 0 Å². The normalized spacial score (nSPS) is 25.2. The Balaban J connectivity index is 2.77. The van der Waals surface area contributed by atoms with Gasteiger partial charge in [0, 0.05) is 24.7 Å². The Morgan fingerprint density at radius 2 is 1.65 bits per heavy atom. The molecule has 0 spiro atoms. The van der Waals surface area contributed by atoms with Crippen molar-refractivity contribution in [2.75, 3.05) is 13.1 Å². The molecule has 1 saturated carbocycles. The van der Waals surface area contributed by atoms with Crippen LogP contribution in [-0.4, -0.2) is 36.1 Å². The molecule has 1 fully saturated rings. The van der Waals surface area contributed by atoms with Crippen molar-refractivity contribution in [3.8, 4) is 0 Å². The molecule has 0 radical (unpaired) electrons. The topological polar surface area (TPSA) is 15.3 Å². The summed E-state index contributed by atoms with van der Waals surface area (Å²) in [6.07, 6.45) is 9.68.